The number of benzene rings is 1. The van der Waals surface area contributed by atoms with Crippen molar-refractivity contribution >= 4 is 10.9 Å². The molecule has 0 amide bonds. The van der Waals surface area contributed by atoms with Gasteiger partial charge in [0.25, 0.3) is 0 Å². The summed E-state index contributed by atoms with van der Waals surface area (Å²) < 4.78 is 1.80. The number of aromatic nitrogens is 3. The Morgan fingerprint density at radius 2 is 2.06 bits per heavy atom. The molecule has 18 heavy (non-hydrogen) atoms. The first-order valence-electron chi connectivity index (χ1n) is 5.84. The third kappa shape index (κ3) is 1.76. The van der Waals surface area contributed by atoms with Crippen LogP contribution in [0, 0.1) is 0 Å². The van der Waals surface area contributed by atoms with E-state index in [1.807, 2.05) is 43.4 Å². The van der Waals surface area contributed by atoms with E-state index < -0.39 is 0 Å². The lowest BCUT2D eigenvalue weighted by atomic mass is 10.0. The third-order valence-corrected chi connectivity index (χ3v) is 3.17. The molecular formula is C14H14N4. The Labute approximate surface area is 105 Å². The topological polar surface area (TPSA) is 56.7 Å². The average Bonchev–Trinajstić information content (AvgIpc) is 2.83. The van der Waals surface area contributed by atoms with E-state index in [-0.39, 0.29) is 6.04 Å². The number of hydrogen-bond donors (Lipinski definition) is 1. The molecule has 4 heteroatoms. The zero-order valence-corrected chi connectivity index (χ0v) is 10.1. The second-order valence-corrected chi connectivity index (χ2v) is 4.31. The zero-order valence-electron chi connectivity index (χ0n) is 10.1. The van der Waals surface area contributed by atoms with E-state index in [1.54, 1.807) is 17.1 Å². The molecule has 2 aromatic heterocycles. The molecule has 0 bridgehead atoms. The van der Waals surface area contributed by atoms with E-state index in [9.17, 15) is 0 Å². The minimum Gasteiger partial charge on any atom is -0.319 e. The maximum absolute atomic E-state index is 6.26. The van der Waals surface area contributed by atoms with Crippen molar-refractivity contribution in [3.8, 4) is 0 Å². The summed E-state index contributed by atoms with van der Waals surface area (Å²) in [5.74, 6) is 0. The fraction of sp³-hybridized carbons (Fsp3) is 0.143. The van der Waals surface area contributed by atoms with Gasteiger partial charge in [0.15, 0.2) is 0 Å². The molecule has 3 aromatic rings. The van der Waals surface area contributed by atoms with Crippen LogP contribution in [-0.2, 0) is 7.05 Å². The smallest absolute Gasteiger partial charge is 0.0723 e. The average molecular weight is 238 g/mol. The maximum atomic E-state index is 6.26. The summed E-state index contributed by atoms with van der Waals surface area (Å²) in [5.41, 5.74) is 9.27. The standard InChI is InChI=1S/C14H14N4/c1-18-13(6-8-17-18)14(15)11-5-4-10-3-2-7-16-12(10)9-11/h2-9,14H,15H2,1H3. The van der Waals surface area contributed by atoms with Gasteiger partial charge < -0.3 is 5.73 Å². The molecule has 0 saturated carbocycles. The molecule has 0 aliphatic heterocycles. The first-order valence-corrected chi connectivity index (χ1v) is 5.84. The van der Waals surface area contributed by atoms with E-state index in [4.69, 9.17) is 5.73 Å². The van der Waals surface area contributed by atoms with Crippen LogP contribution in [0.15, 0.2) is 48.8 Å². The SMILES string of the molecule is Cn1nccc1C(N)c1ccc2cccnc2c1. The molecule has 4 nitrogen and oxygen atoms in total. The normalized spacial score (nSPS) is 12.8. The van der Waals surface area contributed by atoms with Crippen molar-refractivity contribution in [1.29, 1.82) is 0 Å². The van der Waals surface area contributed by atoms with Gasteiger partial charge in [-0.2, -0.15) is 5.10 Å². The number of hydrogen-bond acceptors (Lipinski definition) is 3. The molecule has 0 spiro atoms. The number of pyridine rings is 1. The molecule has 0 fully saturated rings. The van der Waals surface area contributed by atoms with Gasteiger partial charge in [-0.3, -0.25) is 9.67 Å². The molecule has 0 saturated heterocycles. The van der Waals surface area contributed by atoms with Gasteiger partial charge in [0.05, 0.1) is 17.3 Å². The van der Waals surface area contributed by atoms with Crippen molar-refractivity contribution in [1.82, 2.24) is 14.8 Å². The first kappa shape index (κ1) is 10.9. The predicted molar refractivity (Wildman–Crippen MR) is 71.0 cm³/mol. The Morgan fingerprint density at radius 3 is 2.83 bits per heavy atom. The summed E-state index contributed by atoms with van der Waals surface area (Å²) in [6.45, 7) is 0. The molecule has 2 N–H and O–H groups in total. The van der Waals surface area contributed by atoms with Crippen LogP contribution in [0.3, 0.4) is 0 Å². The second-order valence-electron chi connectivity index (χ2n) is 4.31. The molecule has 0 radical (unpaired) electrons. The molecule has 0 aliphatic carbocycles. The van der Waals surface area contributed by atoms with E-state index in [0.717, 1.165) is 22.2 Å². The zero-order chi connectivity index (χ0) is 12.5. The minimum atomic E-state index is -0.177. The highest BCUT2D eigenvalue weighted by atomic mass is 15.3. The summed E-state index contributed by atoms with van der Waals surface area (Å²) in [6, 6.07) is 11.9. The van der Waals surface area contributed by atoms with E-state index >= 15 is 0 Å². The molecule has 3 rings (SSSR count). The number of aryl methyl sites for hydroxylation is 1. The maximum Gasteiger partial charge on any atom is 0.0723 e. The Balaban J connectivity index is 2.07. The van der Waals surface area contributed by atoms with Gasteiger partial charge in [0, 0.05) is 24.8 Å². The fourth-order valence-corrected chi connectivity index (χ4v) is 2.14. The Morgan fingerprint density at radius 1 is 1.17 bits per heavy atom. The monoisotopic (exact) mass is 238 g/mol. The minimum absolute atomic E-state index is 0.177. The fourth-order valence-electron chi connectivity index (χ4n) is 2.14. The predicted octanol–water partition coefficient (Wildman–Crippen LogP) is 2.02. The van der Waals surface area contributed by atoms with Crippen molar-refractivity contribution < 1.29 is 0 Å². The highest BCUT2D eigenvalue weighted by Crippen LogP contribution is 2.22. The number of fused-ring (bicyclic) bond motifs is 1. The quantitative estimate of drug-likeness (QED) is 0.743. The van der Waals surface area contributed by atoms with Crippen molar-refractivity contribution in [3.05, 3.63) is 60.0 Å². The van der Waals surface area contributed by atoms with Crippen LogP contribution in [0.5, 0.6) is 0 Å². The van der Waals surface area contributed by atoms with Gasteiger partial charge in [-0.05, 0) is 23.8 Å². The van der Waals surface area contributed by atoms with E-state index in [2.05, 4.69) is 10.1 Å². The van der Waals surface area contributed by atoms with Gasteiger partial charge in [0.1, 0.15) is 0 Å². The lowest BCUT2D eigenvalue weighted by Crippen LogP contribution is -2.15. The lowest BCUT2D eigenvalue weighted by Gasteiger charge is -2.13. The van der Waals surface area contributed by atoms with Gasteiger partial charge in [-0.1, -0.05) is 18.2 Å². The summed E-state index contributed by atoms with van der Waals surface area (Å²) in [6.07, 6.45) is 3.55. The molecule has 1 atom stereocenters. The Bertz CT molecular complexity index is 687. The molecule has 90 valence electrons. The number of nitrogens with two attached hydrogens (primary N) is 1. The van der Waals surface area contributed by atoms with Crippen LogP contribution in [0.1, 0.15) is 17.3 Å². The van der Waals surface area contributed by atoms with Crippen LogP contribution < -0.4 is 5.73 Å². The Kier molecular flexibility index (Phi) is 2.57. The van der Waals surface area contributed by atoms with Crippen molar-refractivity contribution in [2.75, 3.05) is 0 Å². The number of rotatable bonds is 2. The lowest BCUT2D eigenvalue weighted by molar-refractivity contribution is 0.673. The van der Waals surface area contributed by atoms with Crippen LogP contribution in [0.4, 0.5) is 0 Å². The largest absolute Gasteiger partial charge is 0.319 e. The van der Waals surface area contributed by atoms with Crippen LogP contribution in [0.2, 0.25) is 0 Å². The van der Waals surface area contributed by atoms with Gasteiger partial charge >= 0.3 is 0 Å². The molecule has 1 unspecified atom stereocenters. The van der Waals surface area contributed by atoms with Crippen molar-refractivity contribution in [2.45, 2.75) is 6.04 Å². The van der Waals surface area contributed by atoms with Gasteiger partial charge in [-0.15, -0.1) is 0 Å². The summed E-state index contributed by atoms with van der Waals surface area (Å²) >= 11 is 0. The van der Waals surface area contributed by atoms with Crippen LogP contribution in [-0.4, -0.2) is 14.8 Å². The van der Waals surface area contributed by atoms with E-state index in [0.29, 0.717) is 0 Å². The van der Waals surface area contributed by atoms with Crippen LogP contribution in [0.25, 0.3) is 10.9 Å². The van der Waals surface area contributed by atoms with Crippen LogP contribution >= 0.6 is 0 Å². The molecule has 1 aromatic carbocycles. The summed E-state index contributed by atoms with van der Waals surface area (Å²) in [7, 11) is 1.90. The highest BCUT2D eigenvalue weighted by molar-refractivity contribution is 5.79. The first-order chi connectivity index (χ1) is 8.75. The number of nitrogens with zero attached hydrogens (tertiary/aromatic N) is 3. The van der Waals surface area contributed by atoms with Crippen molar-refractivity contribution in [3.63, 3.8) is 0 Å². The molecule has 2 heterocycles. The summed E-state index contributed by atoms with van der Waals surface area (Å²) in [5, 5.41) is 5.27. The summed E-state index contributed by atoms with van der Waals surface area (Å²) in [4.78, 5) is 4.35. The van der Waals surface area contributed by atoms with E-state index in [1.165, 1.54) is 0 Å². The van der Waals surface area contributed by atoms with Crippen molar-refractivity contribution in [2.24, 2.45) is 12.8 Å². The second kappa shape index (κ2) is 4.23. The molecular weight excluding hydrogens is 224 g/mol. The van der Waals surface area contributed by atoms with Gasteiger partial charge in [0.2, 0.25) is 0 Å². The highest BCUT2D eigenvalue weighted by Gasteiger charge is 2.12. The van der Waals surface area contributed by atoms with Gasteiger partial charge in [-0.25, -0.2) is 0 Å². The third-order valence-electron chi connectivity index (χ3n) is 3.17. The molecule has 0 aliphatic rings. The Hall–Kier alpha value is -2.20.